The molecule has 0 aliphatic heterocycles. The SMILES string of the molecule is CCC(=O)NCCOCCOCC(=O)CCCCC[C@H](NC)C(N)=O. The van der Waals surface area contributed by atoms with Crippen molar-refractivity contribution in [1.29, 1.82) is 0 Å². The summed E-state index contributed by atoms with van der Waals surface area (Å²) < 4.78 is 10.5. The third kappa shape index (κ3) is 14.5. The second kappa shape index (κ2) is 16.0. The lowest BCUT2D eigenvalue weighted by Crippen LogP contribution is -2.38. The highest BCUT2D eigenvalue weighted by molar-refractivity contribution is 5.80. The van der Waals surface area contributed by atoms with Crippen molar-refractivity contribution in [3.8, 4) is 0 Å². The van der Waals surface area contributed by atoms with Crippen molar-refractivity contribution < 1.29 is 23.9 Å². The van der Waals surface area contributed by atoms with Gasteiger partial charge in [0.1, 0.15) is 6.61 Å². The van der Waals surface area contributed by atoms with E-state index in [1.165, 1.54) is 0 Å². The van der Waals surface area contributed by atoms with E-state index < -0.39 is 0 Å². The number of amides is 2. The van der Waals surface area contributed by atoms with E-state index in [0.717, 1.165) is 19.3 Å². The standard InChI is InChI=1S/C17H33N3O5/c1-3-16(22)20-9-10-24-11-12-25-13-14(21)7-5-4-6-8-15(19-2)17(18)23/h15,19H,3-13H2,1-2H3,(H2,18,23)(H,20,22)/t15-/m0/s1. The molecule has 2 amide bonds. The van der Waals surface area contributed by atoms with Gasteiger partial charge >= 0.3 is 0 Å². The number of primary amides is 1. The number of nitrogens with one attached hydrogen (secondary N) is 2. The Labute approximate surface area is 150 Å². The molecule has 0 heterocycles. The molecular formula is C17H33N3O5. The number of carbonyl (C=O) groups excluding carboxylic acids is 3. The molecule has 1 atom stereocenters. The first-order valence-corrected chi connectivity index (χ1v) is 8.91. The van der Waals surface area contributed by atoms with Gasteiger partial charge in [-0.25, -0.2) is 0 Å². The van der Waals surface area contributed by atoms with Crippen LogP contribution in [0.15, 0.2) is 0 Å². The minimum atomic E-state index is -0.345. The lowest BCUT2D eigenvalue weighted by Gasteiger charge is -2.11. The molecule has 4 N–H and O–H groups in total. The summed E-state index contributed by atoms with van der Waals surface area (Å²) in [5, 5.41) is 5.57. The Bertz CT molecular complexity index is 390. The van der Waals surface area contributed by atoms with Gasteiger partial charge in [0.15, 0.2) is 5.78 Å². The largest absolute Gasteiger partial charge is 0.377 e. The highest BCUT2D eigenvalue weighted by atomic mass is 16.5. The first-order valence-electron chi connectivity index (χ1n) is 8.91. The van der Waals surface area contributed by atoms with Crippen LogP contribution in [0, 0.1) is 0 Å². The predicted octanol–water partition coefficient (Wildman–Crippen LogP) is 0.139. The topological polar surface area (TPSA) is 120 Å². The predicted molar refractivity (Wildman–Crippen MR) is 95.1 cm³/mol. The van der Waals surface area contributed by atoms with Gasteiger partial charge < -0.3 is 25.8 Å². The molecule has 8 nitrogen and oxygen atoms in total. The Morgan fingerprint density at radius 3 is 2.40 bits per heavy atom. The van der Waals surface area contributed by atoms with E-state index in [0.29, 0.717) is 45.6 Å². The Hall–Kier alpha value is -1.51. The highest BCUT2D eigenvalue weighted by Gasteiger charge is 2.11. The van der Waals surface area contributed by atoms with E-state index in [1.54, 1.807) is 14.0 Å². The van der Waals surface area contributed by atoms with Gasteiger partial charge in [0.2, 0.25) is 11.8 Å². The van der Waals surface area contributed by atoms with E-state index in [9.17, 15) is 14.4 Å². The van der Waals surface area contributed by atoms with Gasteiger partial charge in [0.25, 0.3) is 0 Å². The Balaban J connectivity index is 3.39. The molecule has 25 heavy (non-hydrogen) atoms. The average molecular weight is 359 g/mol. The van der Waals surface area contributed by atoms with Crippen molar-refractivity contribution >= 4 is 17.6 Å². The second-order valence-corrected chi connectivity index (χ2v) is 5.75. The fourth-order valence-electron chi connectivity index (χ4n) is 2.14. The van der Waals surface area contributed by atoms with Gasteiger partial charge in [-0.2, -0.15) is 0 Å². The first kappa shape index (κ1) is 23.5. The number of nitrogens with two attached hydrogens (primary N) is 1. The number of rotatable bonds is 17. The van der Waals surface area contributed by atoms with Gasteiger partial charge in [-0.05, 0) is 19.9 Å². The van der Waals surface area contributed by atoms with Gasteiger partial charge in [-0.3, -0.25) is 14.4 Å². The smallest absolute Gasteiger partial charge is 0.234 e. The molecule has 0 aromatic carbocycles. The quantitative estimate of drug-likeness (QED) is 0.318. The molecule has 0 rings (SSSR count). The molecule has 0 spiro atoms. The molecule has 0 bridgehead atoms. The molecule has 0 radical (unpaired) electrons. The number of hydrogen-bond donors (Lipinski definition) is 3. The molecule has 0 aliphatic carbocycles. The maximum Gasteiger partial charge on any atom is 0.234 e. The summed E-state index contributed by atoms with van der Waals surface area (Å²) in [5.74, 6) is -0.279. The van der Waals surface area contributed by atoms with Crippen molar-refractivity contribution in [2.24, 2.45) is 5.73 Å². The number of ketones is 1. The average Bonchev–Trinajstić information content (AvgIpc) is 2.59. The van der Waals surface area contributed by atoms with E-state index in [4.69, 9.17) is 15.2 Å². The number of Topliss-reactive ketones (excluding diaryl/α,β-unsaturated/α-hetero) is 1. The maximum absolute atomic E-state index is 11.6. The van der Waals surface area contributed by atoms with Crippen LogP contribution in [-0.2, 0) is 23.9 Å². The molecule has 0 aliphatic rings. The zero-order valence-electron chi connectivity index (χ0n) is 15.5. The van der Waals surface area contributed by atoms with Crippen molar-refractivity contribution in [1.82, 2.24) is 10.6 Å². The number of ether oxygens (including phenoxy) is 2. The van der Waals surface area contributed by atoms with E-state index in [-0.39, 0.29) is 30.2 Å². The van der Waals surface area contributed by atoms with E-state index in [2.05, 4.69) is 10.6 Å². The Morgan fingerprint density at radius 2 is 1.76 bits per heavy atom. The molecule has 146 valence electrons. The van der Waals surface area contributed by atoms with E-state index in [1.807, 2.05) is 0 Å². The summed E-state index contributed by atoms with van der Waals surface area (Å²) in [5.41, 5.74) is 5.24. The molecule has 8 heteroatoms. The summed E-state index contributed by atoms with van der Waals surface area (Å²) >= 11 is 0. The molecule has 0 unspecified atom stereocenters. The zero-order valence-corrected chi connectivity index (χ0v) is 15.5. The van der Waals surface area contributed by atoms with Gasteiger partial charge in [-0.1, -0.05) is 19.8 Å². The lowest BCUT2D eigenvalue weighted by atomic mass is 10.1. The summed E-state index contributed by atoms with van der Waals surface area (Å²) in [6.45, 7) is 3.55. The molecule has 0 aromatic rings. The van der Waals surface area contributed by atoms with Crippen molar-refractivity contribution in [3.63, 3.8) is 0 Å². The second-order valence-electron chi connectivity index (χ2n) is 5.75. The number of carbonyl (C=O) groups is 3. The minimum absolute atomic E-state index is 0.00144. The van der Waals surface area contributed by atoms with Crippen LogP contribution in [0.4, 0.5) is 0 Å². The van der Waals surface area contributed by atoms with Gasteiger partial charge in [-0.15, -0.1) is 0 Å². The highest BCUT2D eigenvalue weighted by Crippen LogP contribution is 2.06. The third-order valence-electron chi connectivity index (χ3n) is 3.67. The van der Waals surface area contributed by atoms with Crippen LogP contribution in [0.1, 0.15) is 45.4 Å². The van der Waals surface area contributed by atoms with Crippen LogP contribution in [0.3, 0.4) is 0 Å². The molecule has 0 fully saturated rings. The Morgan fingerprint density at radius 1 is 1.04 bits per heavy atom. The van der Waals surface area contributed by atoms with E-state index >= 15 is 0 Å². The van der Waals surface area contributed by atoms with Crippen LogP contribution in [-0.4, -0.2) is 63.7 Å². The zero-order chi connectivity index (χ0) is 18.9. The van der Waals surface area contributed by atoms with Crippen molar-refractivity contribution in [2.75, 3.05) is 40.0 Å². The van der Waals surface area contributed by atoms with Crippen LogP contribution >= 0.6 is 0 Å². The Kier molecular flexibility index (Phi) is 15.0. The van der Waals surface area contributed by atoms with Crippen LogP contribution in [0.25, 0.3) is 0 Å². The lowest BCUT2D eigenvalue weighted by molar-refractivity contribution is -0.124. The third-order valence-corrected chi connectivity index (χ3v) is 3.67. The molecular weight excluding hydrogens is 326 g/mol. The first-order chi connectivity index (χ1) is 12.0. The fourth-order valence-corrected chi connectivity index (χ4v) is 2.14. The molecule has 0 saturated heterocycles. The molecule has 0 saturated carbocycles. The summed E-state index contributed by atoms with van der Waals surface area (Å²) in [6, 6.07) is -0.297. The number of hydrogen-bond acceptors (Lipinski definition) is 6. The minimum Gasteiger partial charge on any atom is -0.377 e. The van der Waals surface area contributed by atoms with Crippen molar-refractivity contribution in [3.05, 3.63) is 0 Å². The summed E-state index contributed by atoms with van der Waals surface area (Å²) in [7, 11) is 1.71. The van der Waals surface area contributed by atoms with Crippen LogP contribution in [0.2, 0.25) is 0 Å². The number of likely N-dealkylation sites (N-methyl/N-ethyl adjacent to an activating group) is 1. The maximum atomic E-state index is 11.6. The number of unbranched alkanes of at least 4 members (excludes halogenated alkanes) is 2. The monoisotopic (exact) mass is 359 g/mol. The van der Waals surface area contributed by atoms with Crippen LogP contribution in [0.5, 0.6) is 0 Å². The van der Waals surface area contributed by atoms with Crippen molar-refractivity contribution in [2.45, 2.75) is 51.5 Å². The van der Waals surface area contributed by atoms with Gasteiger partial charge in [0.05, 0.1) is 25.9 Å². The summed E-state index contributed by atoms with van der Waals surface area (Å²) in [4.78, 5) is 33.7. The fraction of sp³-hybridized carbons (Fsp3) is 0.824. The summed E-state index contributed by atoms with van der Waals surface area (Å²) in [6.07, 6.45) is 4.14. The molecule has 0 aromatic heterocycles. The van der Waals surface area contributed by atoms with Gasteiger partial charge in [0, 0.05) is 19.4 Å². The van der Waals surface area contributed by atoms with Crippen LogP contribution < -0.4 is 16.4 Å². The normalized spacial score (nSPS) is 11.9.